The molecule has 0 spiro atoms. The van der Waals surface area contributed by atoms with Crippen molar-refractivity contribution in [3.8, 4) is 0 Å². The minimum atomic E-state index is -0.0645. The van der Waals surface area contributed by atoms with Crippen molar-refractivity contribution in [3.05, 3.63) is 64.5 Å². The molecule has 0 aromatic heterocycles. The van der Waals surface area contributed by atoms with E-state index >= 15 is 0 Å². The summed E-state index contributed by atoms with van der Waals surface area (Å²) >= 11 is -0.0645. The molecule has 1 aromatic rings. The molecule has 6 rings (SSSR count). The first-order chi connectivity index (χ1) is 15.9. The van der Waals surface area contributed by atoms with Crippen LogP contribution in [0, 0.1) is 5.92 Å². The maximum absolute atomic E-state index is 2.76. The molecular weight excluding hydrogens is 510 g/mol. The molecule has 4 heteroatoms. The predicted octanol–water partition coefficient (Wildman–Crippen LogP) is 3.40. The van der Waals surface area contributed by atoms with Crippen LogP contribution in [0.25, 0.3) is 6.08 Å². The van der Waals surface area contributed by atoms with E-state index < -0.39 is 0 Å². The van der Waals surface area contributed by atoms with Gasteiger partial charge in [-0.1, -0.05) is 0 Å². The van der Waals surface area contributed by atoms with E-state index in [1.807, 2.05) is 10.9 Å². The molecule has 0 aliphatic heterocycles. The van der Waals surface area contributed by atoms with E-state index in [1.165, 1.54) is 83.5 Å². The minimum Gasteiger partial charge on any atom is -1.00 e. The molecule has 0 amide bonds. The fourth-order valence-corrected chi connectivity index (χ4v) is 15.5. The standard InChI is InChI=1S/C21H28P.C9H11.2ClH.Ti/c1-3-11-19(12-4-1)22(20-13-5-2-6-14-20)21-15-17-9-7-8-10-18(17)16-21;1-2-5-9-7-3-6-8(9)4-1;;;/h7-10,15-16,19-20H,1-6,11-14H2;1-2,4,6,9H,3,5,7H2;2*1H;/q;;;;+2/p-2. The van der Waals surface area contributed by atoms with Gasteiger partial charge in [0.2, 0.25) is 0 Å². The van der Waals surface area contributed by atoms with Crippen molar-refractivity contribution < 1.29 is 44.0 Å². The van der Waals surface area contributed by atoms with Crippen molar-refractivity contribution in [2.24, 2.45) is 5.92 Å². The van der Waals surface area contributed by atoms with Crippen LogP contribution in [-0.2, 0) is 19.2 Å². The Hall–Kier alpha value is 0.164. The second-order valence-corrected chi connectivity index (χ2v) is 16.2. The van der Waals surface area contributed by atoms with Crippen molar-refractivity contribution in [1.82, 2.24) is 0 Å². The van der Waals surface area contributed by atoms with E-state index in [-0.39, 0.29) is 51.9 Å². The molecule has 0 saturated heterocycles. The summed E-state index contributed by atoms with van der Waals surface area (Å²) in [6.45, 7) is 0. The maximum atomic E-state index is 2.76. The summed E-state index contributed by atoms with van der Waals surface area (Å²) in [7, 11) is 0.0357. The molecule has 5 aliphatic rings. The molecule has 0 N–H and O–H groups in total. The number of hydrogen-bond acceptors (Lipinski definition) is 0. The minimum absolute atomic E-state index is 0. The molecule has 0 nitrogen and oxygen atoms in total. The van der Waals surface area contributed by atoms with Gasteiger partial charge >= 0.3 is 207 Å². The third-order valence-corrected chi connectivity index (χ3v) is 16.1. The van der Waals surface area contributed by atoms with Crippen LogP contribution in [0.4, 0.5) is 0 Å². The van der Waals surface area contributed by atoms with Crippen molar-refractivity contribution in [3.63, 3.8) is 0 Å². The Morgan fingerprint density at radius 1 is 0.765 bits per heavy atom. The molecule has 3 saturated carbocycles. The molecule has 3 fully saturated rings. The summed E-state index contributed by atoms with van der Waals surface area (Å²) in [5, 5.41) is 2.00. The van der Waals surface area contributed by atoms with Gasteiger partial charge in [0.25, 0.3) is 0 Å². The van der Waals surface area contributed by atoms with E-state index in [9.17, 15) is 0 Å². The molecule has 182 valence electrons. The number of hydrogen-bond donors (Lipinski definition) is 0. The first-order valence-corrected chi connectivity index (χ1v) is 16.9. The van der Waals surface area contributed by atoms with Gasteiger partial charge in [0.1, 0.15) is 0 Å². The Balaban J connectivity index is 0.00000137. The van der Waals surface area contributed by atoms with E-state index in [0.717, 1.165) is 25.7 Å². The van der Waals surface area contributed by atoms with Crippen LogP contribution in [0.3, 0.4) is 0 Å². The van der Waals surface area contributed by atoms with E-state index in [0.29, 0.717) is 0 Å². The second-order valence-electron chi connectivity index (χ2n) is 10.9. The van der Waals surface area contributed by atoms with Gasteiger partial charge in [-0.15, -0.1) is 0 Å². The Kier molecular flexibility index (Phi) is 10.1. The van der Waals surface area contributed by atoms with Gasteiger partial charge in [0, 0.05) is 0 Å². The molecular formula is C30H39Cl2PTi. The molecule has 0 radical (unpaired) electrons. The van der Waals surface area contributed by atoms with Gasteiger partial charge in [-0.25, -0.2) is 0 Å². The average Bonchev–Trinajstić information content (AvgIpc) is 3.43. The zero-order valence-corrected chi connectivity index (χ0v) is 24.4. The molecule has 1 aromatic carbocycles. The van der Waals surface area contributed by atoms with E-state index in [1.54, 1.807) is 11.1 Å². The summed E-state index contributed by atoms with van der Waals surface area (Å²) in [5.74, 6) is 0.885. The molecule has 0 bridgehead atoms. The van der Waals surface area contributed by atoms with Gasteiger partial charge in [0.05, 0.1) is 0 Å². The van der Waals surface area contributed by atoms with Crippen LogP contribution in [0.2, 0.25) is 4.22 Å². The van der Waals surface area contributed by atoms with Crippen molar-refractivity contribution in [2.75, 3.05) is 0 Å². The first kappa shape index (κ1) is 27.2. The van der Waals surface area contributed by atoms with Crippen LogP contribution in [-0.4, -0.2) is 11.3 Å². The quantitative estimate of drug-likeness (QED) is 0.391. The maximum Gasteiger partial charge on any atom is -1.00 e. The molecule has 3 atom stereocenters. The third kappa shape index (κ3) is 5.53. The van der Waals surface area contributed by atoms with Gasteiger partial charge in [-0.3, -0.25) is 0 Å². The fourth-order valence-electron chi connectivity index (χ4n) is 7.44. The SMILES string of the molecule is C1=CCC2CC[CH]([Ti+2][CH]3C(P(C4CCCCC4)C4CCCCC4)=Cc4ccccc43)C2=C1.[Cl-].[Cl-]. The van der Waals surface area contributed by atoms with Crippen molar-refractivity contribution in [1.29, 1.82) is 0 Å². The van der Waals surface area contributed by atoms with Gasteiger partial charge in [-0.2, -0.15) is 0 Å². The van der Waals surface area contributed by atoms with Gasteiger partial charge in [0.15, 0.2) is 0 Å². The monoisotopic (exact) mass is 548 g/mol. The Morgan fingerprint density at radius 2 is 1.44 bits per heavy atom. The fraction of sp³-hybridized carbons (Fsp3) is 0.600. The summed E-state index contributed by atoms with van der Waals surface area (Å²) in [6, 6.07) is 9.58. The molecule has 5 aliphatic carbocycles. The smallest absolute Gasteiger partial charge is 1.00 e. The summed E-state index contributed by atoms with van der Waals surface area (Å²) < 4.78 is 1.77. The van der Waals surface area contributed by atoms with Crippen LogP contribution >= 0.6 is 7.92 Å². The van der Waals surface area contributed by atoms with Gasteiger partial charge in [-0.05, 0) is 0 Å². The van der Waals surface area contributed by atoms with Crippen LogP contribution in [0.5, 0.6) is 0 Å². The summed E-state index contributed by atoms with van der Waals surface area (Å²) in [4.78, 5) is 0. The van der Waals surface area contributed by atoms with Crippen molar-refractivity contribution in [2.45, 2.75) is 103 Å². The number of halogens is 2. The Labute approximate surface area is 230 Å². The van der Waals surface area contributed by atoms with Gasteiger partial charge < -0.3 is 24.8 Å². The van der Waals surface area contributed by atoms with Crippen LogP contribution in [0.1, 0.15) is 98.8 Å². The van der Waals surface area contributed by atoms with E-state index in [4.69, 9.17) is 0 Å². The summed E-state index contributed by atoms with van der Waals surface area (Å²) in [5.41, 5.74) is 7.25. The zero-order valence-electron chi connectivity index (χ0n) is 20.4. The zero-order chi connectivity index (χ0) is 21.3. The van der Waals surface area contributed by atoms with E-state index in [2.05, 4.69) is 48.6 Å². The number of benzene rings is 1. The normalized spacial score (nSPS) is 28.8. The number of fused-ring (bicyclic) bond motifs is 2. The van der Waals surface area contributed by atoms with Crippen LogP contribution in [0.15, 0.2) is 53.4 Å². The average molecular weight is 549 g/mol. The number of rotatable bonds is 5. The van der Waals surface area contributed by atoms with Crippen molar-refractivity contribution >= 4 is 14.0 Å². The Morgan fingerprint density at radius 3 is 2.15 bits per heavy atom. The predicted molar refractivity (Wildman–Crippen MR) is 136 cm³/mol. The second kappa shape index (κ2) is 12.6. The molecule has 0 heterocycles. The third-order valence-electron chi connectivity index (χ3n) is 9.03. The molecule has 3 unspecified atom stereocenters. The topological polar surface area (TPSA) is 0 Å². The first-order valence-electron chi connectivity index (χ1n) is 13.6. The van der Waals surface area contributed by atoms with Crippen LogP contribution < -0.4 is 24.8 Å². The molecule has 34 heavy (non-hydrogen) atoms. The largest absolute Gasteiger partial charge is 1.00 e. The summed E-state index contributed by atoms with van der Waals surface area (Å²) in [6.07, 6.45) is 29.4. The Bertz CT molecular complexity index is 892. The number of allylic oxidation sites excluding steroid dienone is 5.